The number of aryl methyl sites for hydroxylation is 1. The molecule has 2 aromatic rings. The second kappa shape index (κ2) is 3.97. The fraction of sp³-hybridized carbons (Fsp3) is 0.412. The van der Waals surface area contributed by atoms with Crippen molar-refractivity contribution in [3.05, 3.63) is 59.5 Å². The highest BCUT2D eigenvalue weighted by molar-refractivity contribution is 5.35. The number of aliphatic hydroxyl groups is 1. The van der Waals surface area contributed by atoms with Gasteiger partial charge in [0, 0.05) is 12.0 Å². The Morgan fingerprint density at radius 1 is 1.16 bits per heavy atom. The van der Waals surface area contributed by atoms with Gasteiger partial charge in [0.05, 0.1) is 11.9 Å². The lowest BCUT2D eigenvalue weighted by atomic mass is 9.78. The number of fused-ring (bicyclic) bond motifs is 1. The number of hydrogen-bond donors (Lipinski definition) is 1. The number of rotatable bonds is 2. The maximum absolute atomic E-state index is 11.1. The van der Waals surface area contributed by atoms with Gasteiger partial charge in [0.2, 0.25) is 0 Å². The highest BCUT2D eigenvalue weighted by Gasteiger charge is 2.55. The topological polar surface area (TPSA) is 33.4 Å². The Labute approximate surface area is 113 Å². The van der Waals surface area contributed by atoms with Crippen LogP contribution < -0.4 is 0 Å². The van der Waals surface area contributed by atoms with Gasteiger partial charge in [0.25, 0.3) is 0 Å². The quantitative estimate of drug-likeness (QED) is 0.888. The second-order valence-electron chi connectivity index (χ2n) is 5.89. The molecule has 1 N–H and O–H groups in total. The van der Waals surface area contributed by atoms with Gasteiger partial charge in [0.15, 0.2) is 0 Å². The molecule has 3 atom stereocenters. The van der Waals surface area contributed by atoms with E-state index in [4.69, 9.17) is 4.42 Å². The average Bonchev–Trinajstić information content (AvgIpc) is 3.12. The van der Waals surface area contributed by atoms with Crippen LogP contribution in [0.15, 0.2) is 47.1 Å². The lowest BCUT2D eigenvalue weighted by Gasteiger charge is -2.32. The summed E-state index contributed by atoms with van der Waals surface area (Å²) in [6, 6.07) is 12.5. The molecule has 1 saturated carbocycles. The summed E-state index contributed by atoms with van der Waals surface area (Å²) in [6.45, 7) is 0. The Kier molecular flexibility index (Phi) is 2.36. The third-order valence-corrected chi connectivity index (χ3v) is 4.81. The minimum absolute atomic E-state index is 0.353. The van der Waals surface area contributed by atoms with Crippen molar-refractivity contribution in [1.82, 2.24) is 0 Å². The first-order chi connectivity index (χ1) is 9.29. The molecule has 1 aromatic carbocycles. The van der Waals surface area contributed by atoms with E-state index in [0.29, 0.717) is 11.8 Å². The lowest BCUT2D eigenvalue weighted by molar-refractivity contribution is -0.00792. The number of benzene rings is 1. The SMILES string of the molecule is OC1(C2CC2c2ccccc2)CCCc2occc21. The Bertz CT molecular complexity index is 586. The minimum atomic E-state index is -0.666. The molecule has 4 rings (SSSR count). The molecular weight excluding hydrogens is 236 g/mol. The summed E-state index contributed by atoms with van der Waals surface area (Å²) in [5.74, 6) is 1.85. The standard InChI is InChI=1S/C17H18O2/c18-17(9-4-7-16-14(17)8-10-19-16)15-11-13(15)12-5-2-1-3-6-12/h1-3,5-6,8,10,13,15,18H,4,7,9,11H2. The van der Waals surface area contributed by atoms with E-state index in [1.807, 2.05) is 12.1 Å². The molecule has 0 amide bonds. The van der Waals surface area contributed by atoms with Crippen molar-refractivity contribution in [3.63, 3.8) is 0 Å². The molecule has 0 saturated heterocycles. The zero-order valence-electron chi connectivity index (χ0n) is 10.9. The van der Waals surface area contributed by atoms with Crippen LogP contribution in [0.3, 0.4) is 0 Å². The molecule has 19 heavy (non-hydrogen) atoms. The van der Waals surface area contributed by atoms with E-state index >= 15 is 0 Å². The molecule has 3 unspecified atom stereocenters. The molecule has 0 bridgehead atoms. The normalized spacial score (nSPS) is 32.9. The van der Waals surface area contributed by atoms with Gasteiger partial charge in [-0.2, -0.15) is 0 Å². The van der Waals surface area contributed by atoms with Gasteiger partial charge in [-0.05, 0) is 42.7 Å². The molecule has 0 radical (unpaired) electrons. The summed E-state index contributed by atoms with van der Waals surface area (Å²) in [5.41, 5.74) is 1.74. The third kappa shape index (κ3) is 1.67. The maximum atomic E-state index is 11.1. The first kappa shape index (κ1) is 11.3. The third-order valence-electron chi connectivity index (χ3n) is 4.81. The van der Waals surface area contributed by atoms with Crippen LogP contribution in [0.2, 0.25) is 0 Å². The van der Waals surface area contributed by atoms with Crippen molar-refractivity contribution in [1.29, 1.82) is 0 Å². The molecule has 98 valence electrons. The molecule has 2 aliphatic carbocycles. The first-order valence-corrected chi connectivity index (χ1v) is 7.13. The fourth-order valence-electron chi connectivity index (χ4n) is 3.75. The Morgan fingerprint density at radius 3 is 2.84 bits per heavy atom. The molecule has 0 aliphatic heterocycles. The van der Waals surface area contributed by atoms with Crippen LogP contribution in [0.1, 0.15) is 42.1 Å². The zero-order valence-corrected chi connectivity index (χ0v) is 10.9. The maximum Gasteiger partial charge on any atom is 0.109 e. The summed E-state index contributed by atoms with van der Waals surface area (Å²) < 4.78 is 5.51. The molecule has 1 aromatic heterocycles. The second-order valence-corrected chi connectivity index (χ2v) is 5.89. The van der Waals surface area contributed by atoms with Crippen LogP contribution in [0.5, 0.6) is 0 Å². The van der Waals surface area contributed by atoms with Crippen molar-refractivity contribution >= 4 is 0 Å². The molecule has 1 heterocycles. The average molecular weight is 254 g/mol. The molecule has 1 fully saturated rings. The van der Waals surface area contributed by atoms with Gasteiger partial charge in [-0.1, -0.05) is 30.3 Å². The number of hydrogen-bond acceptors (Lipinski definition) is 2. The zero-order chi connectivity index (χ0) is 12.9. The van der Waals surface area contributed by atoms with E-state index in [-0.39, 0.29) is 0 Å². The van der Waals surface area contributed by atoms with Crippen LogP contribution in [0.25, 0.3) is 0 Å². The van der Waals surface area contributed by atoms with Gasteiger partial charge in [-0.25, -0.2) is 0 Å². The van der Waals surface area contributed by atoms with E-state index in [1.165, 1.54) is 5.56 Å². The molecule has 2 nitrogen and oxygen atoms in total. The Morgan fingerprint density at radius 2 is 2.00 bits per heavy atom. The highest BCUT2D eigenvalue weighted by Crippen LogP contribution is 2.59. The highest BCUT2D eigenvalue weighted by atomic mass is 16.3. The largest absolute Gasteiger partial charge is 0.469 e. The van der Waals surface area contributed by atoms with Gasteiger partial charge < -0.3 is 9.52 Å². The van der Waals surface area contributed by atoms with E-state index in [1.54, 1.807) is 6.26 Å². The van der Waals surface area contributed by atoms with E-state index in [2.05, 4.69) is 24.3 Å². The Balaban J connectivity index is 1.65. The summed E-state index contributed by atoms with van der Waals surface area (Å²) in [6.07, 6.45) is 5.67. The summed E-state index contributed by atoms with van der Waals surface area (Å²) in [7, 11) is 0. The molecule has 0 spiro atoms. The summed E-state index contributed by atoms with van der Waals surface area (Å²) in [4.78, 5) is 0. The Hall–Kier alpha value is -1.54. The van der Waals surface area contributed by atoms with Crippen molar-refractivity contribution in [2.45, 2.75) is 37.2 Å². The van der Waals surface area contributed by atoms with Crippen LogP contribution in [-0.4, -0.2) is 5.11 Å². The minimum Gasteiger partial charge on any atom is -0.469 e. The van der Waals surface area contributed by atoms with E-state index < -0.39 is 5.60 Å². The smallest absolute Gasteiger partial charge is 0.109 e. The van der Waals surface area contributed by atoms with Crippen LogP contribution >= 0.6 is 0 Å². The van der Waals surface area contributed by atoms with Crippen LogP contribution in [-0.2, 0) is 12.0 Å². The van der Waals surface area contributed by atoms with Gasteiger partial charge in [-0.3, -0.25) is 0 Å². The predicted molar refractivity (Wildman–Crippen MR) is 72.8 cm³/mol. The van der Waals surface area contributed by atoms with E-state index in [0.717, 1.165) is 37.0 Å². The van der Waals surface area contributed by atoms with Gasteiger partial charge >= 0.3 is 0 Å². The van der Waals surface area contributed by atoms with Gasteiger partial charge in [0.1, 0.15) is 5.76 Å². The first-order valence-electron chi connectivity index (χ1n) is 7.13. The van der Waals surface area contributed by atoms with Crippen LogP contribution in [0.4, 0.5) is 0 Å². The summed E-state index contributed by atoms with van der Waals surface area (Å²) >= 11 is 0. The van der Waals surface area contributed by atoms with E-state index in [9.17, 15) is 5.11 Å². The van der Waals surface area contributed by atoms with Crippen molar-refractivity contribution in [2.24, 2.45) is 5.92 Å². The fourth-order valence-corrected chi connectivity index (χ4v) is 3.75. The monoisotopic (exact) mass is 254 g/mol. The van der Waals surface area contributed by atoms with Crippen LogP contribution in [0, 0.1) is 5.92 Å². The predicted octanol–water partition coefficient (Wildman–Crippen LogP) is 3.61. The lowest BCUT2D eigenvalue weighted by Crippen LogP contribution is -2.32. The molecule has 2 heteroatoms. The van der Waals surface area contributed by atoms with Crippen molar-refractivity contribution in [2.75, 3.05) is 0 Å². The molecule has 2 aliphatic rings. The number of furan rings is 1. The summed E-state index contributed by atoms with van der Waals surface area (Å²) in [5, 5.41) is 11.1. The van der Waals surface area contributed by atoms with Crippen molar-refractivity contribution in [3.8, 4) is 0 Å². The molecular formula is C17H18O2. The van der Waals surface area contributed by atoms with Crippen molar-refractivity contribution < 1.29 is 9.52 Å². The van der Waals surface area contributed by atoms with Gasteiger partial charge in [-0.15, -0.1) is 0 Å².